The molecule has 5 heteroatoms. The second-order valence-electron chi connectivity index (χ2n) is 2.76. The SMILES string of the molecule is O=C(O)C(Br)c1nsc2ccccc12. The van der Waals surface area contributed by atoms with Gasteiger partial charge in [0, 0.05) is 5.39 Å². The number of aromatic nitrogens is 1. The van der Waals surface area contributed by atoms with Gasteiger partial charge in [0.05, 0.1) is 10.4 Å². The predicted molar refractivity (Wildman–Crippen MR) is 58.9 cm³/mol. The van der Waals surface area contributed by atoms with Gasteiger partial charge in [-0.15, -0.1) is 0 Å². The highest BCUT2D eigenvalue weighted by atomic mass is 79.9. The molecule has 1 unspecified atom stereocenters. The van der Waals surface area contributed by atoms with Crippen molar-refractivity contribution < 1.29 is 9.90 Å². The summed E-state index contributed by atoms with van der Waals surface area (Å²) in [6, 6.07) is 7.60. The van der Waals surface area contributed by atoms with Crippen molar-refractivity contribution in [2.24, 2.45) is 0 Å². The highest BCUT2D eigenvalue weighted by Gasteiger charge is 2.20. The number of carboxylic acids is 1. The number of carboxylic acid groups (broad SMARTS) is 1. The lowest BCUT2D eigenvalue weighted by Crippen LogP contribution is -2.04. The zero-order valence-corrected chi connectivity index (χ0v) is 9.38. The van der Waals surface area contributed by atoms with Gasteiger partial charge >= 0.3 is 5.97 Å². The molecule has 0 spiro atoms. The number of alkyl halides is 1. The molecule has 1 N–H and O–H groups in total. The molecule has 1 heterocycles. The third kappa shape index (κ3) is 1.53. The van der Waals surface area contributed by atoms with Gasteiger partial charge in [0.25, 0.3) is 0 Å². The summed E-state index contributed by atoms with van der Waals surface area (Å²) in [5.41, 5.74) is 0.582. The molecule has 0 bridgehead atoms. The van der Waals surface area contributed by atoms with Gasteiger partial charge in [-0.2, -0.15) is 4.37 Å². The number of aliphatic carboxylic acids is 1. The van der Waals surface area contributed by atoms with E-state index >= 15 is 0 Å². The summed E-state index contributed by atoms with van der Waals surface area (Å²) in [5, 5.41) is 9.74. The van der Waals surface area contributed by atoms with Crippen molar-refractivity contribution >= 4 is 43.5 Å². The lowest BCUT2D eigenvalue weighted by Gasteiger charge is -1.99. The van der Waals surface area contributed by atoms with Crippen LogP contribution in [0.15, 0.2) is 24.3 Å². The van der Waals surface area contributed by atoms with Crippen molar-refractivity contribution in [2.75, 3.05) is 0 Å². The van der Waals surface area contributed by atoms with Crippen LogP contribution in [0.1, 0.15) is 10.5 Å². The molecule has 1 aromatic heterocycles. The fourth-order valence-corrected chi connectivity index (χ4v) is 2.50. The van der Waals surface area contributed by atoms with E-state index in [0.717, 1.165) is 10.1 Å². The lowest BCUT2D eigenvalue weighted by atomic mass is 10.2. The molecular formula is C9H6BrNO2S. The molecule has 0 aliphatic rings. The Morgan fingerprint density at radius 2 is 2.21 bits per heavy atom. The summed E-state index contributed by atoms with van der Waals surface area (Å²) in [4.78, 5) is 10.0. The number of hydrogen-bond donors (Lipinski definition) is 1. The first-order chi connectivity index (χ1) is 6.70. The average molecular weight is 272 g/mol. The summed E-state index contributed by atoms with van der Waals surface area (Å²) in [7, 11) is 0. The summed E-state index contributed by atoms with van der Waals surface area (Å²) in [5.74, 6) is -0.916. The molecule has 3 nitrogen and oxygen atoms in total. The van der Waals surface area contributed by atoms with E-state index in [4.69, 9.17) is 5.11 Å². The summed E-state index contributed by atoms with van der Waals surface area (Å²) in [6.45, 7) is 0. The molecule has 2 rings (SSSR count). The first-order valence-corrected chi connectivity index (χ1v) is 5.60. The van der Waals surface area contributed by atoms with Crippen LogP contribution in [0.4, 0.5) is 0 Å². The number of rotatable bonds is 2. The molecule has 0 aliphatic carbocycles. The van der Waals surface area contributed by atoms with Crippen LogP contribution in [0, 0.1) is 0 Å². The standard InChI is InChI=1S/C9H6BrNO2S/c10-7(9(12)13)8-5-3-1-2-4-6(5)14-11-8/h1-4,7H,(H,12,13). The maximum absolute atomic E-state index is 10.8. The predicted octanol–water partition coefficient (Wildman–Crippen LogP) is 2.82. The average Bonchev–Trinajstić information content (AvgIpc) is 2.60. The monoisotopic (exact) mass is 271 g/mol. The number of nitrogens with zero attached hydrogens (tertiary/aromatic N) is 1. The third-order valence-electron chi connectivity index (χ3n) is 1.86. The maximum Gasteiger partial charge on any atom is 0.323 e. The molecule has 0 fully saturated rings. The van der Waals surface area contributed by atoms with Crippen LogP contribution < -0.4 is 0 Å². The summed E-state index contributed by atoms with van der Waals surface area (Å²) >= 11 is 4.41. The van der Waals surface area contributed by atoms with Crippen LogP contribution in [-0.4, -0.2) is 15.4 Å². The van der Waals surface area contributed by atoms with E-state index in [-0.39, 0.29) is 0 Å². The molecule has 0 amide bonds. The topological polar surface area (TPSA) is 50.2 Å². The van der Waals surface area contributed by atoms with Crippen LogP contribution in [0.2, 0.25) is 0 Å². The van der Waals surface area contributed by atoms with Crippen molar-refractivity contribution in [3.63, 3.8) is 0 Å². The van der Waals surface area contributed by atoms with E-state index in [0.29, 0.717) is 5.69 Å². The molecule has 1 aromatic carbocycles. The Morgan fingerprint density at radius 3 is 2.93 bits per heavy atom. The van der Waals surface area contributed by atoms with Gasteiger partial charge in [-0.1, -0.05) is 34.1 Å². The summed E-state index contributed by atoms with van der Waals surface area (Å²) in [6.07, 6.45) is 0. The molecule has 72 valence electrons. The van der Waals surface area contributed by atoms with Crippen LogP contribution in [0.25, 0.3) is 10.1 Å². The molecular weight excluding hydrogens is 266 g/mol. The Balaban J connectivity index is 2.58. The van der Waals surface area contributed by atoms with Crippen molar-refractivity contribution in [1.29, 1.82) is 0 Å². The normalized spacial score (nSPS) is 12.9. The van der Waals surface area contributed by atoms with E-state index in [1.54, 1.807) is 0 Å². The molecule has 0 radical (unpaired) electrons. The molecule has 0 saturated heterocycles. The number of carbonyl (C=O) groups is 1. The van der Waals surface area contributed by atoms with E-state index in [2.05, 4.69) is 20.3 Å². The smallest absolute Gasteiger partial charge is 0.323 e. The number of halogens is 1. The minimum Gasteiger partial charge on any atom is -0.480 e. The Kier molecular flexibility index (Phi) is 2.52. The molecule has 14 heavy (non-hydrogen) atoms. The molecule has 2 aromatic rings. The zero-order chi connectivity index (χ0) is 10.1. The van der Waals surface area contributed by atoms with Gasteiger partial charge < -0.3 is 5.11 Å². The van der Waals surface area contributed by atoms with E-state index < -0.39 is 10.8 Å². The second kappa shape index (κ2) is 3.67. The van der Waals surface area contributed by atoms with Crippen LogP contribution in [0.5, 0.6) is 0 Å². The first-order valence-electron chi connectivity index (χ1n) is 3.91. The summed E-state index contributed by atoms with van der Waals surface area (Å²) < 4.78 is 5.14. The fourth-order valence-electron chi connectivity index (χ4n) is 1.21. The van der Waals surface area contributed by atoms with Gasteiger partial charge in [-0.3, -0.25) is 4.79 Å². The Hall–Kier alpha value is -0.940. The van der Waals surface area contributed by atoms with Gasteiger partial charge in [0.1, 0.15) is 0 Å². The largest absolute Gasteiger partial charge is 0.480 e. The van der Waals surface area contributed by atoms with Gasteiger partial charge in [-0.25, -0.2) is 0 Å². The van der Waals surface area contributed by atoms with E-state index in [1.807, 2.05) is 24.3 Å². The van der Waals surface area contributed by atoms with E-state index in [1.165, 1.54) is 11.5 Å². The van der Waals surface area contributed by atoms with Crippen LogP contribution in [-0.2, 0) is 4.79 Å². The molecule has 0 aliphatic heterocycles. The number of fused-ring (bicyclic) bond motifs is 1. The Morgan fingerprint density at radius 1 is 1.50 bits per heavy atom. The van der Waals surface area contributed by atoms with Crippen LogP contribution in [0.3, 0.4) is 0 Å². The van der Waals surface area contributed by atoms with Crippen LogP contribution >= 0.6 is 27.5 Å². The zero-order valence-electron chi connectivity index (χ0n) is 6.98. The van der Waals surface area contributed by atoms with Crippen molar-refractivity contribution in [2.45, 2.75) is 4.83 Å². The molecule has 1 atom stereocenters. The highest BCUT2D eigenvalue weighted by molar-refractivity contribution is 9.09. The van der Waals surface area contributed by atoms with Crippen molar-refractivity contribution in [3.05, 3.63) is 30.0 Å². The maximum atomic E-state index is 10.8. The Labute approximate surface area is 92.7 Å². The van der Waals surface area contributed by atoms with Gasteiger partial charge in [-0.05, 0) is 17.6 Å². The minimum absolute atomic E-state index is 0.582. The number of hydrogen-bond acceptors (Lipinski definition) is 3. The van der Waals surface area contributed by atoms with Crippen molar-refractivity contribution in [3.8, 4) is 0 Å². The third-order valence-corrected chi connectivity index (χ3v) is 3.53. The molecule has 0 saturated carbocycles. The fraction of sp³-hybridized carbons (Fsp3) is 0.111. The van der Waals surface area contributed by atoms with Gasteiger partial charge in [0.2, 0.25) is 0 Å². The second-order valence-corrected chi connectivity index (χ2v) is 4.49. The minimum atomic E-state index is -0.916. The van der Waals surface area contributed by atoms with Gasteiger partial charge in [0.15, 0.2) is 4.83 Å². The first kappa shape index (κ1) is 9.61. The highest BCUT2D eigenvalue weighted by Crippen LogP contribution is 2.31. The lowest BCUT2D eigenvalue weighted by molar-refractivity contribution is -0.136. The quantitative estimate of drug-likeness (QED) is 0.855. The van der Waals surface area contributed by atoms with Crippen molar-refractivity contribution in [1.82, 2.24) is 4.37 Å². The number of benzene rings is 1. The van der Waals surface area contributed by atoms with E-state index in [9.17, 15) is 4.79 Å². The Bertz CT molecular complexity index is 482.